The van der Waals surface area contributed by atoms with Gasteiger partial charge in [0.25, 0.3) is 0 Å². The van der Waals surface area contributed by atoms with E-state index in [2.05, 4.69) is 18.7 Å². The van der Waals surface area contributed by atoms with Gasteiger partial charge in [-0.25, -0.2) is 0 Å². The highest BCUT2D eigenvalue weighted by Crippen LogP contribution is 2.23. The summed E-state index contributed by atoms with van der Waals surface area (Å²) < 4.78 is 0. The van der Waals surface area contributed by atoms with Crippen LogP contribution in [-0.4, -0.2) is 48.9 Å². The van der Waals surface area contributed by atoms with Crippen LogP contribution >= 0.6 is 0 Å². The Morgan fingerprint density at radius 2 is 2.18 bits per heavy atom. The van der Waals surface area contributed by atoms with Crippen molar-refractivity contribution in [3.8, 4) is 0 Å². The summed E-state index contributed by atoms with van der Waals surface area (Å²) >= 11 is 0. The van der Waals surface area contributed by atoms with Crippen molar-refractivity contribution in [2.75, 3.05) is 27.2 Å². The van der Waals surface area contributed by atoms with Crippen LogP contribution in [0.3, 0.4) is 0 Å². The maximum Gasteiger partial charge on any atom is 0.246 e. The summed E-state index contributed by atoms with van der Waals surface area (Å²) in [6.45, 7) is 6.21. The standard InChI is InChI=1S/C14H26N2O/c1-12(2)11-13-7-5-10-16(13)14(17)8-6-9-15(3)4/h6,8,12-13H,5,7,9-11H2,1-4H3/b8-6+. The summed E-state index contributed by atoms with van der Waals surface area (Å²) in [6, 6.07) is 0.464. The second-order valence-corrected chi connectivity index (χ2v) is 5.62. The number of nitrogens with zero attached hydrogens (tertiary/aromatic N) is 2. The highest BCUT2D eigenvalue weighted by molar-refractivity contribution is 5.88. The van der Waals surface area contributed by atoms with Crippen LogP contribution in [0.1, 0.15) is 33.1 Å². The molecule has 1 atom stereocenters. The molecule has 1 aliphatic rings. The maximum atomic E-state index is 12.0. The highest BCUT2D eigenvalue weighted by Gasteiger charge is 2.27. The Hall–Kier alpha value is -0.830. The molecule has 98 valence electrons. The van der Waals surface area contributed by atoms with Gasteiger partial charge in [-0.15, -0.1) is 0 Å². The van der Waals surface area contributed by atoms with Crippen molar-refractivity contribution < 1.29 is 4.79 Å². The molecule has 3 heteroatoms. The minimum Gasteiger partial charge on any atom is -0.336 e. The Bertz CT molecular complexity index is 271. The summed E-state index contributed by atoms with van der Waals surface area (Å²) in [5, 5.41) is 0. The quantitative estimate of drug-likeness (QED) is 0.685. The van der Waals surface area contributed by atoms with Gasteiger partial charge < -0.3 is 9.80 Å². The molecular weight excluding hydrogens is 212 g/mol. The molecule has 1 aliphatic heterocycles. The third kappa shape index (κ3) is 4.90. The summed E-state index contributed by atoms with van der Waals surface area (Å²) in [5.74, 6) is 0.856. The first kappa shape index (κ1) is 14.2. The van der Waals surface area contributed by atoms with Crippen LogP contribution in [0, 0.1) is 5.92 Å². The smallest absolute Gasteiger partial charge is 0.246 e. The van der Waals surface area contributed by atoms with E-state index in [1.807, 2.05) is 25.1 Å². The molecule has 0 spiro atoms. The van der Waals surface area contributed by atoms with Crippen molar-refractivity contribution in [1.29, 1.82) is 0 Å². The molecule has 1 rings (SSSR count). The van der Waals surface area contributed by atoms with Gasteiger partial charge >= 0.3 is 0 Å². The van der Waals surface area contributed by atoms with E-state index in [-0.39, 0.29) is 5.91 Å². The predicted octanol–water partition coefficient (Wildman–Crippen LogP) is 2.14. The molecule has 0 aromatic heterocycles. The van der Waals surface area contributed by atoms with Gasteiger partial charge in [0.05, 0.1) is 0 Å². The molecule has 0 aliphatic carbocycles. The van der Waals surface area contributed by atoms with E-state index in [1.165, 1.54) is 6.42 Å². The number of likely N-dealkylation sites (N-methyl/N-ethyl adjacent to an activating group) is 1. The average Bonchev–Trinajstić information content (AvgIpc) is 2.64. The van der Waals surface area contributed by atoms with E-state index in [0.717, 1.165) is 25.9 Å². The van der Waals surface area contributed by atoms with Gasteiger partial charge in [-0.05, 0) is 39.3 Å². The van der Waals surface area contributed by atoms with Gasteiger partial charge in [-0.1, -0.05) is 19.9 Å². The first-order valence-electron chi connectivity index (χ1n) is 6.62. The van der Waals surface area contributed by atoms with E-state index in [4.69, 9.17) is 0 Å². The molecule has 0 aromatic rings. The second kappa shape index (κ2) is 6.80. The molecule has 1 amide bonds. The molecule has 1 saturated heterocycles. The Morgan fingerprint density at radius 1 is 1.47 bits per heavy atom. The lowest BCUT2D eigenvalue weighted by Gasteiger charge is -2.25. The minimum absolute atomic E-state index is 0.190. The Kier molecular flexibility index (Phi) is 5.69. The van der Waals surface area contributed by atoms with Crippen molar-refractivity contribution in [3.05, 3.63) is 12.2 Å². The number of carbonyl (C=O) groups excluding carboxylic acids is 1. The fraction of sp³-hybridized carbons (Fsp3) is 0.786. The number of carbonyl (C=O) groups is 1. The molecule has 0 saturated carbocycles. The van der Waals surface area contributed by atoms with Crippen LogP contribution < -0.4 is 0 Å². The maximum absolute atomic E-state index is 12.0. The van der Waals surface area contributed by atoms with Crippen molar-refractivity contribution in [1.82, 2.24) is 9.80 Å². The van der Waals surface area contributed by atoms with Crippen LogP contribution in [0.4, 0.5) is 0 Å². The summed E-state index contributed by atoms with van der Waals surface area (Å²) in [6.07, 6.45) is 7.15. The van der Waals surface area contributed by atoms with Gasteiger partial charge in [-0.2, -0.15) is 0 Å². The number of amides is 1. The van der Waals surface area contributed by atoms with Gasteiger partial charge in [0, 0.05) is 25.2 Å². The first-order valence-corrected chi connectivity index (χ1v) is 6.62. The zero-order valence-corrected chi connectivity index (χ0v) is 11.6. The number of rotatable bonds is 5. The lowest BCUT2D eigenvalue weighted by molar-refractivity contribution is -0.127. The number of likely N-dealkylation sites (tertiary alicyclic amines) is 1. The molecule has 1 unspecified atom stereocenters. The zero-order chi connectivity index (χ0) is 12.8. The van der Waals surface area contributed by atoms with Gasteiger partial charge in [0.2, 0.25) is 5.91 Å². The van der Waals surface area contributed by atoms with Crippen LogP contribution in [0.25, 0.3) is 0 Å². The average molecular weight is 238 g/mol. The molecule has 17 heavy (non-hydrogen) atoms. The molecule has 1 fully saturated rings. The van der Waals surface area contributed by atoms with Gasteiger partial charge in [0.1, 0.15) is 0 Å². The van der Waals surface area contributed by atoms with E-state index < -0.39 is 0 Å². The Balaban J connectivity index is 2.47. The van der Waals surface area contributed by atoms with Crippen molar-refractivity contribution in [2.45, 2.75) is 39.2 Å². The van der Waals surface area contributed by atoms with Crippen LogP contribution in [0.2, 0.25) is 0 Å². The van der Waals surface area contributed by atoms with Crippen molar-refractivity contribution in [3.63, 3.8) is 0 Å². The van der Waals surface area contributed by atoms with Crippen molar-refractivity contribution >= 4 is 5.91 Å². The molecular formula is C14H26N2O. The molecule has 0 radical (unpaired) electrons. The third-order valence-corrected chi connectivity index (χ3v) is 3.13. The molecule has 3 nitrogen and oxygen atoms in total. The molecule has 0 aromatic carbocycles. The van der Waals surface area contributed by atoms with Crippen molar-refractivity contribution in [2.24, 2.45) is 5.92 Å². The largest absolute Gasteiger partial charge is 0.336 e. The topological polar surface area (TPSA) is 23.6 Å². The molecule has 0 N–H and O–H groups in total. The fourth-order valence-corrected chi connectivity index (χ4v) is 2.38. The normalized spacial score (nSPS) is 21.1. The summed E-state index contributed by atoms with van der Waals surface area (Å²) in [4.78, 5) is 16.1. The van der Waals surface area contributed by atoms with E-state index in [9.17, 15) is 4.79 Å². The molecule has 0 bridgehead atoms. The first-order chi connectivity index (χ1) is 8.00. The second-order valence-electron chi connectivity index (χ2n) is 5.62. The van der Waals surface area contributed by atoms with Gasteiger partial charge in [0.15, 0.2) is 0 Å². The molecule has 1 heterocycles. The Morgan fingerprint density at radius 3 is 2.76 bits per heavy atom. The van der Waals surface area contributed by atoms with E-state index >= 15 is 0 Å². The fourth-order valence-electron chi connectivity index (χ4n) is 2.38. The Labute approximate surface area is 105 Å². The van der Waals surface area contributed by atoms with Crippen LogP contribution in [0.5, 0.6) is 0 Å². The monoisotopic (exact) mass is 238 g/mol. The lowest BCUT2D eigenvalue weighted by Crippen LogP contribution is -2.35. The summed E-state index contributed by atoms with van der Waals surface area (Å²) in [5.41, 5.74) is 0. The van der Waals surface area contributed by atoms with Crippen LogP contribution in [-0.2, 0) is 4.79 Å². The third-order valence-electron chi connectivity index (χ3n) is 3.13. The predicted molar refractivity (Wildman–Crippen MR) is 71.9 cm³/mol. The number of hydrogen-bond donors (Lipinski definition) is 0. The SMILES string of the molecule is CC(C)CC1CCCN1C(=O)/C=C/CN(C)C. The minimum atomic E-state index is 0.190. The summed E-state index contributed by atoms with van der Waals surface area (Å²) in [7, 11) is 4.01. The van der Waals surface area contributed by atoms with Gasteiger partial charge in [-0.3, -0.25) is 4.79 Å². The van der Waals surface area contributed by atoms with Crippen LogP contribution in [0.15, 0.2) is 12.2 Å². The van der Waals surface area contributed by atoms with E-state index in [1.54, 1.807) is 6.08 Å². The highest BCUT2D eigenvalue weighted by atomic mass is 16.2. The lowest BCUT2D eigenvalue weighted by atomic mass is 10.0. The number of hydrogen-bond acceptors (Lipinski definition) is 2. The zero-order valence-electron chi connectivity index (χ0n) is 11.6. The van der Waals surface area contributed by atoms with E-state index in [0.29, 0.717) is 12.0 Å².